The Kier molecular flexibility index (Phi) is 6.54. The first-order chi connectivity index (χ1) is 8.67. The summed E-state index contributed by atoms with van der Waals surface area (Å²) >= 11 is 0. The van der Waals surface area contributed by atoms with Crippen LogP contribution < -0.4 is 14.8 Å². The van der Waals surface area contributed by atoms with Crippen LogP contribution in [0.15, 0.2) is 18.2 Å². The Morgan fingerprint density at radius 3 is 2.61 bits per heavy atom. The Balaban J connectivity index is 2.57. The van der Waals surface area contributed by atoms with Gasteiger partial charge in [0.2, 0.25) is 0 Å². The predicted octanol–water partition coefficient (Wildman–Crippen LogP) is 2.22. The van der Waals surface area contributed by atoms with Crippen molar-refractivity contribution in [1.29, 1.82) is 0 Å². The second kappa shape index (κ2) is 7.95. The van der Waals surface area contributed by atoms with Gasteiger partial charge in [0.25, 0.3) is 0 Å². The van der Waals surface area contributed by atoms with Gasteiger partial charge in [-0.1, -0.05) is 0 Å². The van der Waals surface area contributed by atoms with Gasteiger partial charge in [0.15, 0.2) is 0 Å². The number of ether oxygens (including phenoxy) is 3. The average molecular weight is 253 g/mol. The highest BCUT2D eigenvalue weighted by Gasteiger charge is 2.05. The van der Waals surface area contributed by atoms with Gasteiger partial charge >= 0.3 is 0 Å². The molecule has 4 heteroatoms. The highest BCUT2D eigenvalue weighted by molar-refractivity contribution is 5.40. The molecule has 0 heterocycles. The molecule has 1 aromatic rings. The molecule has 1 aromatic carbocycles. The van der Waals surface area contributed by atoms with Crippen molar-refractivity contribution in [3.8, 4) is 11.5 Å². The summed E-state index contributed by atoms with van der Waals surface area (Å²) in [6.07, 6.45) is 0.237. The van der Waals surface area contributed by atoms with Gasteiger partial charge in [-0.15, -0.1) is 0 Å². The Morgan fingerprint density at radius 2 is 2.00 bits per heavy atom. The van der Waals surface area contributed by atoms with Crippen molar-refractivity contribution in [3.05, 3.63) is 23.8 Å². The van der Waals surface area contributed by atoms with Crippen LogP contribution in [0.3, 0.4) is 0 Å². The molecule has 1 N–H and O–H groups in total. The van der Waals surface area contributed by atoms with Crippen LogP contribution in [-0.4, -0.2) is 33.5 Å². The molecule has 0 aliphatic rings. The monoisotopic (exact) mass is 253 g/mol. The molecule has 0 amide bonds. The molecule has 0 bridgehead atoms. The largest absolute Gasteiger partial charge is 0.497 e. The van der Waals surface area contributed by atoms with Gasteiger partial charge in [-0.3, -0.25) is 0 Å². The summed E-state index contributed by atoms with van der Waals surface area (Å²) in [4.78, 5) is 0. The predicted molar refractivity (Wildman–Crippen MR) is 72.3 cm³/mol. The number of hydrogen-bond donors (Lipinski definition) is 1. The number of rotatable bonds is 8. The van der Waals surface area contributed by atoms with E-state index >= 15 is 0 Å². The van der Waals surface area contributed by atoms with Crippen molar-refractivity contribution in [2.45, 2.75) is 26.5 Å². The third-order valence-corrected chi connectivity index (χ3v) is 2.43. The van der Waals surface area contributed by atoms with Crippen LogP contribution in [0.2, 0.25) is 0 Å². The smallest absolute Gasteiger partial charge is 0.124 e. The number of methoxy groups -OCH3 is 1. The van der Waals surface area contributed by atoms with E-state index in [1.165, 1.54) is 0 Å². The highest BCUT2D eigenvalue weighted by Crippen LogP contribution is 2.24. The summed E-state index contributed by atoms with van der Waals surface area (Å²) in [6, 6.07) is 5.81. The van der Waals surface area contributed by atoms with Gasteiger partial charge in [-0.2, -0.15) is 0 Å². The van der Waals surface area contributed by atoms with Crippen molar-refractivity contribution in [2.24, 2.45) is 0 Å². The molecule has 0 radical (unpaired) electrons. The van der Waals surface area contributed by atoms with Crippen molar-refractivity contribution in [2.75, 3.05) is 27.4 Å². The molecule has 102 valence electrons. The molecule has 4 nitrogen and oxygen atoms in total. The third-order valence-electron chi connectivity index (χ3n) is 2.43. The highest BCUT2D eigenvalue weighted by atomic mass is 16.5. The summed E-state index contributed by atoms with van der Waals surface area (Å²) < 4.78 is 16.4. The lowest BCUT2D eigenvalue weighted by atomic mass is 10.2. The normalized spacial score (nSPS) is 10.7. The SMILES string of the molecule is CNCc1cc(OC)ccc1OCCOC(C)C. The van der Waals surface area contributed by atoms with Crippen molar-refractivity contribution in [1.82, 2.24) is 5.32 Å². The maximum absolute atomic E-state index is 5.72. The van der Waals surface area contributed by atoms with E-state index in [-0.39, 0.29) is 6.10 Å². The van der Waals surface area contributed by atoms with Gasteiger partial charge in [-0.05, 0) is 39.1 Å². The Bertz CT molecular complexity index is 353. The summed E-state index contributed by atoms with van der Waals surface area (Å²) in [6.45, 7) is 5.93. The van der Waals surface area contributed by atoms with Crippen LogP contribution in [0.4, 0.5) is 0 Å². The van der Waals surface area contributed by atoms with E-state index in [0.717, 1.165) is 23.6 Å². The molecule has 0 fully saturated rings. The number of hydrogen-bond acceptors (Lipinski definition) is 4. The summed E-state index contributed by atoms with van der Waals surface area (Å²) in [5, 5.41) is 3.12. The molecule has 0 saturated heterocycles. The van der Waals surface area contributed by atoms with Crippen LogP contribution in [0, 0.1) is 0 Å². The lowest BCUT2D eigenvalue weighted by Gasteiger charge is -2.13. The number of nitrogens with one attached hydrogen (secondary N) is 1. The Hall–Kier alpha value is -1.26. The lowest BCUT2D eigenvalue weighted by molar-refractivity contribution is 0.0550. The van der Waals surface area contributed by atoms with E-state index in [2.05, 4.69) is 5.32 Å². The van der Waals surface area contributed by atoms with Crippen LogP contribution in [0.25, 0.3) is 0 Å². The van der Waals surface area contributed by atoms with Gasteiger partial charge in [-0.25, -0.2) is 0 Å². The number of benzene rings is 1. The first-order valence-corrected chi connectivity index (χ1v) is 6.23. The molecule has 0 aliphatic heterocycles. The maximum atomic E-state index is 5.72. The zero-order valence-corrected chi connectivity index (χ0v) is 11.7. The van der Waals surface area contributed by atoms with Crippen molar-refractivity contribution in [3.63, 3.8) is 0 Å². The van der Waals surface area contributed by atoms with Gasteiger partial charge in [0.1, 0.15) is 18.1 Å². The van der Waals surface area contributed by atoms with Gasteiger partial charge in [0.05, 0.1) is 19.8 Å². The van der Waals surface area contributed by atoms with E-state index < -0.39 is 0 Å². The van der Waals surface area contributed by atoms with Crippen LogP contribution in [0.5, 0.6) is 11.5 Å². The molecule has 0 aromatic heterocycles. The molecule has 0 spiro atoms. The first-order valence-electron chi connectivity index (χ1n) is 6.23. The topological polar surface area (TPSA) is 39.7 Å². The van der Waals surface area contributed by atoms with E-state index in [4.69, 9.17) is 14.2 Å². The van der Waals surface area contributed by atoms with E-state index in [9.17, 15) is 0 Å². The first kappa shape index (κ1) is 14.8. The van der Waals surface area contributed by atoms with Gasteiger partial charge < -0.3 is 19.5 Å². The zero-order chi connectivity index (χ0) is 13.4. The molecule has 0 aliphatic carbocycles. The van der Waals surface area contributed by atoms with E-state index in [1.54, 1.807) is 7.11 Å². The minimum atomic E-state index is 0.237. The Morgan fingerprint density at radius 1 is 1.22 bits per heavy atom. The van der Waals surface area contributed by atoms with E-state index in [1.807, 2.05) is 39.1 Å². The fraction of sp³-hybridized carbons (Fsp3) is 0.571. The molecule has 0 atom stereocenters. The van der Waals surface area contributed by atoms with Crippen molar-refractivity contribution < 1.29 is 14.2 Å². The van der Waals surface area contributed by atoms with Crippen LogP contribution in [0.1, 0.15) is 19.4 Å². The van der Waals surface area contributed by atoms with Crippen LogP contribution in [-0.2, 0) is 11.3 Å². The van der Waals surface area contributed by atoms with Gasteiger partial charge in [0, 0.05) is 12.1 Å². The van der Waals surface area contributed by atoms with Crippen LogP contribution >= 0.6 is 0 Å². The summed E-state index contributed by atoms with van der Waals surface area (Å²) in [7, 11) is 3.57. The summed E-state index contributed by atoms with van der Waals surface area (Å²) in [5.41, 5.74) is 1.08. The minimum absolute atomic E-state index is 0.237. The Labute approximate surface area is 109 Å². The molecule has 0 saturated carbocycles. The quantitative estimate of drug-likeness (QED) is 0.721. The molecule has 0 unspecified atom stereocenters. The maximum Gasteiger partial charge on any atom is 0.124 e. The molecule has 18 heavy (non-hydrogen) atoms. The van der Waals surface area contributed by atoms with Crippen molar-refractivity contribution >= 4 is 0 Å². The minimum Gasteiger partial charge on any atom is -0.497 e. The summed E-state index contributed by atoms with van der Waals surface area (Å²) in [5.74, 6) is 1.71. The molecular weight excluding hydrogens is 230 g/mol. The second-order valence-corrected chi connectivity index (χ2v) is 4.27. The average Bonchev–Trinajstić information content (AvgIpc) is 2.36. The fourth-order valence-corrected chi connectivity index (χ4v) is 1.59. The molecule has 1 rings (SSSR count). The lowest BCUT2D eigenvalue weighted by Crippen LogP contribution is -2.13. The second-order valence-electron chi connectivity index (χ2n) is 4.27. The third kappa shape index (κ3) is 4.94. The standard InChI is InChI=1S/C14H23NO3/c1-11(2)17-7-8-18-14-6-5-13(16-4)9-12(14)10-15-3/h5-6,9,11,15H,7-8,10H2,1-4H3. The van der Waals surface area contributed by atoms with E-state index in [0.29, 0.717) is 13.2 Å². The zero-order valence-electron chi connectivity index (χ0n) is 11.7. The molecular formula is C14H23NO3. The fourth-order valence-electron chi connectivity index (χ4n) is 1.59.